The number of sulfone groups is 1. The summed E-state index contributed by atoms with van der Waals surface area (Å²) in [6.45, 7) is 5.64. The van der Waals surface area contributed by atoms with Crippen LogP contribution in [-0.4, -0.2) is 39.6 Å². The molecule has 2 heterocycles. The Labute approximate surface area is 193 Å². The lowest BCUT2D eigenvalue weighted by atomic mass is 9.92. The van der Waals surface area contributed by atoms with Gasteiger partial charge >= 0.3 is 0 Å². The van der Waals surface area contributed by atoms with E-state index < -0.39 is 15.3 Å². The molecular weight excluding hydrogens is 475 g/mol. The normalized spacial score (nSPS) is 12.9. The molecule has 0 atom stereocenters. The monoisotopic (exact) mass is 492 g/mol. The number of azo groups is 1. The summed E-state index contributed by atoms with van der Waals surface area (Å²) in [4.78, 5) is 0.0527. The highest BCUT2D eigenvalue weighted by atomic mass is 35.5. The molecule has 0 amide bonds. The minimum atomic E-state index is -3.61. The average molecular weight is 493 g/mol. The van der Waals surface area contributed by atoms with Crippen LogP contribution in [0.3, 0.4) is 0 Å². The maximum Gasteiger partial charge on any atom is 0.197 e. The van der Waals surface area contributed by atoms with E-state index in [0.29, 0.717) is 22.4 Å². The van der Waals surface area contributed by atoms with Crippen LogP contribution in [0, 0.1) is 0 Å². The number of phenolic OH excluding ortho intramolecular Hbond substituents is 1. The molecule has 0 bridgehead atoms. The third-order valence-corrected chi connectivity index (χ3v) is 6.35. The van der Waals surface area contributed by atoms with E-state index in [9.17, 15) is 13.5 Å². The summed E-state index contributed by atoms with van der Waals surface area (Å²) < 4.78 is 26.5. The van der Waals surface area contributed by atoms with Crippen LogP contribution in [0.5, 0.6) is 5.75 Å². The standard InChI is InChI=1S/C20H18Cl2N6O3S/c1-20(2,3)18-17(32(4,30)31)19-26-24-13-6-5-10(7-15(13)28(19)27-18)23-25-14-8-12(22)16(29)9-11(14)21/h5-9,29H,1-4H3. The summed E-state index contributed by atoms with van der Waals surface area (Å²) in [6, 6.07) is 7.70. The van der Waals surface area contributed by atoms with Crippen molar-refractivity contribution in [2.24, 2.45) is 10.2 Å². The zero-order valence-corrected chi connectivity index (χ0v) is 19.8. The van der Waals surface area contributed by atoms with Crippen molar-refractivity contribution < 1.29 is 13.5 Å². The Hall–Kier alpha value is -2.82. The molecule has 0 unspecified atom stereocenters. The highest BCUT2D eigenvalue weighted by Crippen LogP contribution is 2.36. The predicted molar refractivity (Wildman–Crippen MR) is 122 cm³/mol. The third-order valence-electron chi connectivity index (χ3n) is 4.63. The van der Waals surface area contributed by atoms with Crippen LogP contribution in [0.1, 0.15) is 26.5 Å². The van der Waals surface area contributed by atoms with E-state index >= 15 is 0 Å². The Balaban J connectivity index is 1.91. The van der Waals surface area contributed by atoms with Gasteiger partial charge in [0.25, 0.3) is 0 Å². The number of fused-ring (bicyclic) bond motifs is 3. The van der Waals surface area contributed by atoms with Crippen LogP contribution < -0.4 is 0 Å². The van der Waals surface area contributed by atoms with Crippen LogP contribution >= 0.6 is 23.2 Å². The van der Waals surface area contributed by atoms with Crippen molar-refractivity contribution in [3.05, 3.63) is 46.1 Å². The summed E-state index contributed by atoms with van der Waals surface area (Å²) in [7, 11) is -3.61. The molecule has 166 valence electrons. The minimum absolute atomic E-state index is 0.0527. The van der Waals surface area contributed by atoms with Gasteiger partial charge in [-0.2, -0.15) is 10.2 Å². The number of benzene rings is 2. The fourth-order valence-electron chi connectivity index (χ4n) is 3.13. The summed E-state index contributed by atoms with van der Waals surface area (Å²) in [5.41, 5.74) is 1.75. The van der Waals surface area contributed by atoms with Gasteiger partial charge in [0.1, 0.15) is 21.8 Å². The molecule has 0 spiro atoms. The van der Waals surface area contributed by atoms with Gasteiger partial charge in [-0.25, -0.2) is 12.9 Å². The van der Waals surface area contributed by atoms with Crippen molar-refractivity contribution in [1.29, 1.82) is 0 Å². The number of rotatable bonds is 3. The van der Waals surface area contributed by atoms with Crippen LogP contribution in [0.15, 0.2) is 45.5 Å². The van der Waals surface area contributed by atoms with Crippen LogP contribution in [0.4, 0.5) is 11.4 Å². The molecule has 2 aromatic carbocycles. The first-order valence-corrected chi connectivity index (χ1v) is 12.0. The lowest BCUT2D eigenvalue weighted by Crippen LogP contribution is -2.16. The molecule has 0 aliphatic rings. The molecule has 0 aliphatic heterocycles. The van der Waals surface area contributed by atoms with Gasteiger partial charge in [-0.15, -0.1) is 15.3 Å². The van der Waals surface area contributed by atoms with Crippen LogP contribution in [0.25, 0.3) is 16.7 Å². The largest absolute Gasteiger partial charge is 0.506 e. The Morgan fingerprint density at radius 1 is 1.03 bits per heavy atom. The molecule has 4 rings (SSSR count). The molecule has 0 aliphatic carbocycles. The highest BCUT2D eigenvalue weighted by Gasteiger charge is 2.31. The molecule has 4 aromatic rings. The zero-order chi connectivity index (χ0) is 23.4. The quantitative estimate of drug-likeness (QED) is 0.381. The number of hydrogen-bond acceptors (Lipinski definition) is 8. The van der Waals surface area contributed by atoms with E-state index in [1.165, 1.54) is 16.6 Å². The second kappa shape index (κ2) is 7.65. The Kier molecular flexibility index (Phi) is 5.35. The van der Waals surface area contributed by atoms with Gasteiger partial charge in [0, 0.05) is 17.7 Å². The van der Waals surface area contributed by atoms with Gasteiger partial charge in [0.15, 0.2) is 15.5 Å². The van der Waals surface area contributed by atoms with Crippen molar-refractivity contribution in [2.75, 3.05) is 6.26 Å². The van der Waals surface area contributed by atoms with E-state index in [1.54, 1.807) is 18.2 Å². The lowest BCUT2D eigenvalue weighted by Gasteiger charge is -2.16. The average Bonchev–Trinajstić information content (AvgIpc) is 3.11. The van der Waals surface area contributed by atoms with Gasteiger partial charge in [0.2, 0.25) is 0 Å². The number of hydrogen-bond donors (Lipinski definition) is 1. The van der Waals surface area contributed by atoms with Gasteiger partial charge < -0.3 is 5.11 Å². The van der Waals surface area contributed by atoms with E-state index in [4.69, 9.17) is 23.2 Å². The maximum absolute atomic E-state index is 12.5. The van der Waals surface area contributed by atoms with Gasteiger partial charge in [0.05, 0.1) is 26.9 Å². The molecule has 32 heavy (non-hydrogen) atoms. The maximum atomic E-state index is 12.5. The molecule has 1 N–H and O–H groups in total. The zero-order valence-electron chi connectivity index (χ0n) is 17.5. The number of aromatic nitrogens is 4. The molecule has 12 heteroatoms. The summed E-state index contributed by atoms with van der Waals surface area (Å²) in [5.74, 6) is -0.155. The molecule has 0 fully saturated rings. The Morgan fingerprint density at radius 2 is 1.75 bits per heavy atom. The van der Waals surface area contributed by atoms with Crippen molar-refractivity contribution in [3.63, 3.8) is 0 Å². The smallest absolute Gasteiger partial charge is 0.197 e. The van der Waals surface area contributed by atoms with Gasteiger partial charge in [-0.1, -0.05) is 44.0 Å². The van der Waals surface area contributed by atoms with Crippen LogP contribution in [-0.2, 0) is 15.3 Å². The van der Waals surface area contributed by atoms with E-state index in [2.05, 4.69) is 25.5 Å². The first kappa shape index (κ1) is 22.4. The Bertz CT molecular complexity index is 1520. The van der Waals surface area contributed by atoms with Crippen LogP contribution in [0.2, 0.25) is 10.0 Å². The van der Waals surface area contributed by atoms with Gasteiger partial charge in [-0.3, -0.25) is 0 Å². The second-order valence-electron chi connectivity index (χ2n) is 8.26. The Morgan fingerprint density at radius 3 is 2.41 bits per heavy atom. The minimum Gasteiger partial charge on any atom is -0.506 e. The highest BCUT2D eigenvalue weighted by molar-refractivity contribution is 7.91. The van der Waals surface area contributed by atoms with Crippen molar-refractivity contribution in [3.8, 4) is 5.75 Å². The lowest BCUT2D eigenvalue weighted by molar-refractivity contribution is 0.475. The predicted octanol–water partition coefficient (Wildman–Crippen LogP) is 5.41. The number of halogens is 2. The summed E-state index contributed by atoms with van der Waals surface area (Å²) in [6.07, 6.45) is 1.13. The fourth-order valence-corrected chi connectivity index (χ4v) is 4.64. The molecular formula is C20H18Cl2N6O3S. The topological polar surface area (TPSA) is 122 Å². The number of aromatic hydroxyl groups is 1. The SMILES string of the molecule is CC(C)(C)c1nn2c(nnc3ccc(N=Nc4cc(Cl)c(O)cc4Cl)cc32)c1S(C)(=O)=O. The van der Waals surface area contributed by atoms with Crippen molar-refractivity contribution in [2.45, 2.75) is 31.1 Å². The number of phenols is 1. The van der Waals surface area contributed by atoms with Crippen molar-refractivity contribution >= 4 is 61.1 Å². The molecule has 0 saturated heterocycles. The second-order valence-corrected chi connectivity index (χ2v) is 11.0. The molecule has 9 nitrogen and oxygen atoms in total. The van der Waals surface area contributed by atoms with E-state index in [0.717, 1.165) is 6.26 Å². The first-order chi connectivity index (χ1) is 14.9. The van der Waals surface area contributed by atoms with E-state index in [-0.39, 0.29) is 32.0 Å². The number of nitrogens with zero attached hydrogens (tertiary/aromatic N) is 6. The molecule has 2 aromatic heterocycles. The summed E-state index contributed by atoms with van der Waals surface area (Å²) in [5, 5.41) is 31.0. The summed E-state index contributed by atoms with van der Waals surface area (Å²) >= 11 is 12.0. The fraction of sp³-hybridized carbons (Fsp3) is 0.250. The molecule has 0 saturated carbocycles. The van der Waals surface area contributed by atoms with E-state index in [1.807, 2.05) is 20.8 Å². The van der Waals surface area contributed by atoms with Gasteiger partial charge in [-0.05, 0) is 24.3 Å². The molecule has 0 radical (unpaired) electrons. The first-order valence-electron chi connectivity index (χ1n) is 9.36. The van der Waals surface area contributed by atoms with Crippen molar-refractivity contribution in [1.82, 2.24) is 19.8 Å². The third kappa shape index (κ3) is 4.01.